The van der Waals surface area contributed by atoms with Crippen molar-refractivity contribution in [3.63, 3.8) is 0 Å². The number of hydrogen-bond acceptors (Lipinski definition) is 6. The number of para-hydroxylation sites is 2. The molecule has 0 fully saturated rings. The van der Waals surface area contributed by atoms with Crippen LogP contribution in [0.3, 0.4) is 0 Å². The number of carbonyl (C=O) groups excluding carboxylic acids is 1. The minimum Gasteiger partial charge on any atom is -0.495 e. The van der Waals surface area contributed by atoms with E-state index in [0.29, 0.717) is 28.8 Å². The molecule has 30 heavy (non-hydrogen) atoms. The molecule has 0 bridgehead atoms. The lowest BCUT2D eigenvalue weighted by atomic mass is 10.2. The third-order valence-corrected chi connectivity index (χ3v) is 4.16. The highest BCUT2D eigenvalue weighted by Crippen LogP contribution is 2.23. The van der Waals surface area contributed by atoms with Crippen LogP contribution in [0.15, 0.2) is 79.1 Å². The summed E-state index contributed by atoms with van der Waals surface area (Å²) in [4.78, 5) is 12.2. The molecule has 9 heteroatoms. The number of rotatable bonds is 6. The number of aromatic nitrogens is 4. The van der Waals surface area contributed by atoms with Gasteiger partial charge in [-0.1, -0.05) is 12.1 Å². The third-order valence-electron chi connectivity index (χ3n) is 4.16. The van der Waals surface area contributed by atoms with Crippen molar-refractivity contribution < 1.29 is 9.53 Å². The maximum absolute atomic E-state index is 12.2. The Labute approximate surface area is 172 Å². The van der Waals surface area contributed by atoms with Gasteiger partial charge in [0.25, 0.3) is 0 Å². The number of nitrogens with one attached hydrogen (secondary N) is 3. The number of urea groups is 1. The van der Waals surface area contributed by atoms with E-state index in [9.17, 15) is 4.79 Å². The summed E-state index contributed by atoms with van der Waals surface area (Å²) in [6.07, 6.45) is 3.48. The summed E-state index contributed by atoms with van der Waals surface area (Å²) in [6.45, 7) is 0. The Bertz CT molecular complexity index is 1110. The molecule has 4 aromatic rings. The zero-order chi connectivity index (χ0) is 20.8. The number of methoxy groups -OCH3 is 1. The molecule has 0 spiro atoms. The molecule has 0 aliphatic heterocycles. The average Bonchev–Trinajstić information content (AvgIpc) is 3.31. The fraction of sp³-hybridized carbons (Fsp3) is 0.0476. The summed E-state index contributed by atoms with van der Waals surface area (Å²) in [5.41, 5.74) is 2.05. The summed E-state index contributed by atoms with van der Waals surface area (Å²) in [5, 5.41) is 21.1. The predicted molar refractivity (Wildman–Crippen MR) is 115 cm³/mol. The number of nitrogens with zero attached hydrogens (tertiary/aromatic N) is 4. The molecule has 0 saturated carbocycles. The zero-order valence-corrected chi connectivity index (χ0v) is 16.1. The fourth-order valence-corrected chi connectivity index (χ4v) is 2.74. The van der Waals surface area contributed by atoms with Gasteiger partial charge in [0.2, 0.25) is 0 Å². The predicted octanol–water partition coefficient (Wildman–Crippen LogP) is 4.06. The van der Waals surface area contributed by atoms with Crippen molar-refractivity contribution >= 4 is 28.9 Å². The van der Waals surface area contributed by atoms with Crippen LogP contribution in [0.2, 0.25) is 0 Å². The molecular formula is C21H19N7O2. The van der Waals surface area contributed by atoms with Crippen molar-refractivity contribution in [1.82, 2.24) is 20.0 Å². The smallest absolute Gasteiger partial charge is 0.323 e. The molecule has 0 aliphatic carbocycles. The molecule has 2 heterocycles. The first-order chi connectivity index (χ1) is 14.7. The number of benzene rings is 2. The largest absolute Gasteiger partial charge is 0.495 e. The molecule has 4 rings (SSSR count). The van der Waals surface area contributed by atoms with Gasteiger partial charge < -0.3 is 20.7 Å². The lowest BCUT2D eigenvalue weighted by Crippen LogP contribution is -2.19. The Morgan fingerprint density at radius 3 is 2.40 bits per heavy atom. The maximum Gasteiger partial charge on any atom is 0.323 e. The van der Waals surface area contributed by atoms with Crippen LogP contribution < -0.4 is 20.7 Å². The van der Waals surface area contributed by atoms with Crippen LogP contribution in [-0.2, 0) is 0 Å². The zero-order valence-electron chi connectivity index (χ0n) is 16.1. The second-order valence-corrected chi connectivity index (χ2v) is 6.21. The number of hydrogen-bond donors (Lipinski definition) is 3. The topological polar surface area (TPSA) is 106 Å². The van der Waals surface area contributed by atoms with E-state index in [1.54, 1.807) is 48.5 Å². The Morgan fingerprint density at radius 1 is 0.900 bits per heavy atom. The highest BCUT2D eigenvalue weighted by molar-refractivity contribution is 6.00. The van der Waals surface area contributed by atoms with Gasteiger partial charge in [-0.25, -0.2) is 9.48 Å². The third kappa shape index (κ3) is 4.53. The van der Waals surface area contributed by atoms with Gasteiger partial charge in [-0.2, -0.15) is 5.10 Å². The van der Waals surface area contributed by atoms with Gasteiger partial charge in [-0.3, -0.25) is 0 Å². The van der Waals surface area contributed by atoms with E-state index in [1.165, 1.54) is 0 Å². The van der Waals surface area contributed by atoms with Crippen LogP contribution in [0.1, 0.15) is 0 Å². The minimum absolute atomic E-state index is 0.361. The first kappa shape index (κ1) is 18.9. The van der Waals surface area contributed by atoms with Crippen molar-refractivity contribution in [2.24, 2.45) is 0 Å². The van der Waals surface area contributed by atoms with Crippen LogP contribution in [0.4, 0.5) is 27.7 Å². The standard InChI is InChI=1S/C21H19N7O2/c1-30-18-6-3-2-5-17(18)25-21(29)24-16-9-7-15(8-10-16)23-19-11-12-20(27-26-19)28-14-4-13-22-28/h2-14H,1H3,(H,23,26)(H2,24,25,29). The van der Waals surface area contributed by atoms with Crippen molar-refractivity contribution in [3.05, 3.63) is 79.1 Å². The molecule has 2 amide bonds. The van der Waals surface area contributed by atoms with Crippen molar-refractivity contribution in [3.8, 4) is 11.6 Å². The molecule has 0 radical (unpaired) electrons. The Balaban J connectivity index is 1.35. The summed E-state index contributed by atoms with van der Waals surface area (Å²) < 4.78 is 6.86. The Kier molecular flexibility index (Phi) is 5.52. The monoisotopic (exact) mass is 401 g/mol. The highest BCUT2D eigenvalue weighted by atomic mass is 16.5. The molecule has 9 nitrogen and oxygen atoms in total. The van der Waals surface area contributed by atoms with Crippen LogP contribution in [0.25, 0.3) is 5.82 Å². The number of ether oxygens (including phenoxy) is 1. The van der Waals surface area contributed by atoms with Crippen molar-refractivity contribution in [2.45, 2.75) is 0 Å². The number of carbonyl (C=O) groups is 1. The molecular weight excluding hydrogens is 382 g/mol. The SMILES string of the molecule is COc1ccccc1NC(=O)Nc1ccc(Nc2ccc(-n3cccn3)nn2)cc1. The van der Waals surface area contributed by atoms with Crippen LogP contribution in [-0.4, -0.2) is 33.1 Å². The molecule has 0 aliphatic rings. The van der Waals surface area contributed by atoms with Gasteiger partial charge in [0.05, 0.1) is 12.8 Å². The van der Waals surface area contributed by atoms with Gasteiger partial charge in [0, 0.05) is 23.8 Å². The van der Waals surface area contributed by atoms with Gasteiger partial charge in [0.15, 0.2) is 11.6 Å². The molecule has 2 aromatic carbocycles. The summed E-state index contributed by atoms with van der Waals surface area (Å²) >= 11 is 0. The number of anilines is 4. The Hall–Kier alpha value is -4.40. The normalized spacial score (nSPS) is 10.3. The second-order valence-electron chi connectivity index (χ2n) is 6.21. The van der Waals surface area contributed by atoms with Gasteiger partial charge in [-0.15, -0.1) is 10.2 Å². The summed E-state index contributed by atoms with van der Waals surface area (Å²) in [5.74, 6) is 1.82. The van der Waals surface area contributed by atoms with E-state index >= 15 is 0 Å². The first-order valence-electron chi connectivity index (χ1n) is 9.13. The summed E-state index contributed by atoms with van der Waals surface area (Å²) in [6, 6.07) is 19.5. The van der Waals surface area contributed by atoms with Gasteiger partial charge >= 0.3 is 6.03 Å². The first-order valence-corrected chi connectivity index (χ1v) is 9.13. The van der Waals surface area contributed by atoms with Gasteiger partial charge in [-0.05, 0) is 54.6 Å². The van der Waals surface area contributed by atoms with Crippen LogP contribution in [0, 0.1) is 0 Å². The average molecular weight is 401 g/mol. The Morgan fingerprint density at radius 2 is 1.70 bits per heavy atom. The van der Waals surface area contributed by atoms with Crippen molar-refractivity contribution in [1.29, 1.82) is 0 Å². The molecule has 0 atom stereocenters. The molecule has 150 valence electrons. The maximum atomic E-state index is 12.2. The van der Waals surface area contributed by atoms with E-state index in [1.807, 2.05) is 42.5 Å². The molecule has 0 unspecified atom stereocenters. The molecule has 0 saturated heterocycles. The number of amides is 2. The highest BCUT2D eigenvalue weighted by Gasteiger charge is 2.07. The van der Waals surface area contributed by atoms with E-state index in [0.717, 1.165) is 5.69 Å². The quantitative estimate of drug-likeness (QED) is 0.450. The lowest BCUT2D eigenvalue weighted by molar-refractivity contribution is 0.262. The van der Waals surface area contributed by atoms with Crippen LogP contribution >= 0.6 is 0 Å². The lowest BCUT2D eigenvalue weighted by Gasteiger charge is -2.11. The summed E-state index contributed by atoms with van der Waals surface area (Å²) in [7, 11) is 1.56. The van der Waals surface area contributed by atoms with E-state index in [-0.39, 0.29) is 6.03 Å². The van der Waals surface area contributed by atoms with Crippen LogP contribution in [0.5, 0.6) is 5.75 Å². The second kappa shape index (κ2) is 8.74. The van der Waals surface area contributed by atoms with E-state index in [2.05, 4.69) is 31.2 Å². The van der Waals surface area contributed by atoms with Gasteiger partial charge in [0.1, 0.15) is 5.75 Å². The fourth-order valence-electron chi connectivity index (χ4n) is 2.74. The minimum atomic E-state index is -0.361. The molecule has 2 aromatic heterocycles. The molecule has 3 N–H and O–H groups in total. The van der Waals surface area contributed by atoms with Crippen molar-refractivity contribution in [2.75, 3.05) is 23.1 Å². The van der Waals surface area contributed by atoms with E-state index < -0.39 is 0 Å². The van der Waals surface area contributed by atoms with E-state index in [4.69, 9.17) is 4.74 Å².